The maximum Gasteiger partial charge on any atom is 0.170 e. The molecule has 0 heterocycles. The van der Waals surface area contributed by atoms with Crippen molar-refractivity contribution in [3.63, 3.8) is 0 Å². The molecule has 2 nitrogen and oxygen atoms in total. The first-order valence-corrected chi connectivity index (χ1v) is 6.12. The van der Waals surface area contributed by atoms with Crippen molar-refractivity contribution in [2.24, 2.45) is 0 Å². The van der Waals surface area contributed by atoms with Crippen LogP contribution in [0.2, 0.25) is 0 Å². The van der Waals surface area contributed by atoms with E-state index in [1.165, 1.54) is 13.2 Å². The molecule has 14 heavy (non-hydrogen) atoms. The predicted molar refractivity (Wildman–Crippen MR) is 57.6 cm³/mol. The van der Waals surface area contributed by atoms with Crippen LogP contribution in [0, 0.1) is 5.82 Å². The predicted octanol–water partition coefficient (Wildman–Crippen LogP) is 2.72. The van der Waals surface area contributed by atoms with Crippen molar-refractivity contribution in [3.05, 3.63) is 22.4 Å². The molecule has 0 saturated carbocycles. The second kappa shape index (κ2) is 4.89. The quantitative estimate of drug-likeness (QED) is 0.851. The molecule has 5 heteroatoms. The largest absolute Gasteiger partial charge is 0.492 e. The summed E-state index contributed by atoms with van der Waals surface area (Å²) in [6, 6.07) is 2.90. The van der Waals surface area contributed by atoms with Crippen molar-refractivity contribution in [1.82, 2.24) is 0 Å². The number of benzene rings is 1. The summed E-state index contributed by atoms with van der Waals surface area (Å²) in [6.45, 7) is 1.77. The maximum atomic E-state index is 13.3. The molecule has 0 radical (unpaired) electrons. The minimum atomic E-state index is -1.22. The van der Waals surface area contributed by atoms with Gasteiger partial charge in [0.2, 0.25) is 0 Å². The van der Waals surface area contributed by atoms with Gasteiger partial charge in [-0.3, -0.25) is 4.21 Å². The van der Waals surface area contributed by atoms with Crippen LogP contribution in [0.1, 0.15) is 6.92 Å². The van der Waals surface area contributed by atoms with E-state index >= 15 is 0 Å². The van der Waals surface area contributed by atoms with E-state index in [9.17, 15) is 8.60 Å². The van der Waals surface area contributed by atoms with Crippen LogP contribution in [0.5, 0.6) is 5.75 Å². The van der Waals surface area contributed by atoms with Crippen LogP contribution in [-0.2, 0) is 10.8 Å². The Kier molecular flexibility index (Phi) is 4.07. The zero-order valence-electron chi connectivity index (χ0n) is 7.84. The van der Waals surface area contributed by atoms with Crippen LogP contribution in [0.25, 0.3) is 0 Å². The molecule has 0 aliphatic carbocycles. The van der Waals surface area contributed by atoms with Gasteiger partial charge in [0.05, 0.1) is 22.8 Å². The molecule has 0 spiro atoms. The topological polar surface area (TPSA) is 26.3 Å². The van der Waals surface area contributed by atoms with Gasteiger partial charge in [0.25, 0.3) is 0 Å². The van der Waals surface area contributed by atoms with E-state index in [2.05, 4.69) is 15.9 Å². The Morgan fingerprint density at radius 3 is 2.71 bits per heavy atom. The molecular weight excluding hydrogens is 271 g/mol. The Morgan fingerprint density at radius 2 is 2.21 bits per heavy atom. The van der Waals surface area contributed by atoms with Gasteiger partial charge < -0.3 is 4.74 Å². The van der Waals surface area contributed by atoms with Crippen molar-refractivity contribution < 1.29 is 13.3 Å². The highest BCUT2D eigenvalue weighted by Crippen LogP contribution is 2.29. The molecule has 78 valence electrons. The van der Waals surface area contributed by atoms with Crippen LogP contribution < -0.4 is 4.74 Å². The van der Waals surface area contributed by atoms with Crippen molar-refractivity contribution in [2.75, 3.05) is 12.9 Å². The minimum absolute atomic E-state index is 0.0633. The Morgan fingerprint density at radius 1 is 1.57 bits per heavy atom. The maximum absolute atomic E-state index is 13.3. The monoisotopic (exact) mass is 280 g/mol. The van der Waals surface area contributed by atoms with Gasteiger partial charge in [-0.15, -0.1) is 0 Å². The molecule has 0 N–H and O–H groups in total. The number of rotatable bonds is 3. The van der Waals surface area contributed by atoms with E-state index in [1.807, 2.05) is 0 Å². The number of ether oxygens (including phenoxy) is 1. The molecular formula is C9H10BrFO2S. The molecule has 0 bridgehead atoms. The molecule has 0 aliphatic rings. The summed E-state index contributed by atoms with van der Waals surface area (Å²) >= 11 is 3.14. The van der Waals surface area contributed by atoms with Crippen LogP contribution in [0.3, 0.4) is 0 Å². The van der Waals surface area contributed by atoms with Gasteiger partial charge in [-0.1, -0.05) is 22.9 Å². The molecule has 1 aromatic rings. The lowest BCUT2D eigenvalue weighted by atomic mass is 10.3. The number of hydrogen-bond acceptors (Lipinski definition) is 2. The number of hydrogen-bond donors (Lipinski definition) is 0. The molecule has 0 amide bonds. The third-order valence-electron chi connectivity index (χ3n) is 1.69. The first-order chi connectivity index (χ1) is 6.60. The third-order valence-corrected chi connectivity index (χ3v) is 3.46. The molecule has 0 saturated heterocycles. The first kappa shape index (κ1) is 11.7. The summed E-state index contributed by atoms with van der Waals surface area (Å²) in [7, 11) is 0.146. The van der Waals surface area contributed by atoms with Gasteiger partial charge in [-0.05, 0) is 12.1 Å². The van der Waals surface area contributed by atoms with Crippen LogP contribution in [-0.4, -0.2) is 17.1 Å². The number of methoxy groups -OCH3 is 1. The molecule has 1 unspecified atom stereocenters. The highest BCUT2D eigenvalue weighted by atomic mass is 79.9. The fourth-order valence-electron chi connectivity index (χ4n) is 1.06. The summed E-state index contributed by atoms with van der Waals surface area (Å²) in [4.78, 5) is 0.391. The highest BCUT2D eigenvalue weighted by molar-refractivity contribution is 9.10. The smallest absolute Gasteiger partial charge is 0.170 e. The lowest BCUT2D eigenvalue weighted by molar-refractivity contribution is 0.375. The SMILES string of the molecule is CCS(=O)c1cc(Br)cc(F)c1OC. The summed E-state index contributed by atoms with van der Waals surface area (Å²) < 4.78 is 30.3. The van der Waals surface area contributed by atoms with Crippen molar-refractivity contribution in [2.45, 2.75) is 11.8 Å². The molecule has 1 rings (SSSR count). The van der Waals surface area contributed by atoms with Crippen LogP contribution in [0.15, 0.2) is 21.5 Å². The minimum Gasteiger partial charge on any atom is -0.492 e. The average molecular weight is 281 g/mol. The summed E-state index contributed by atoms with van der Waals surface area (Å²) in [5, 5.41) is 0. The van der Waals surface area contributed by atoms with E-state index in [4.69, 9.17) is 4.74 Å². The lowest BCUT2D eigenvalue weighted by Gasteiger charge is -2.08. The molecule has 0 fully saturated rings. The van der Waals surface area contributed by atoms with E-state index in [1.54, 1.807) is 13.0 Å². The van der Waals surface area contributed by atoms with Crippen LogP contribution >= 0.6 is 15.9 Å². The highest BCUT2D eigenvalue weighted by Gasteiger charge is 2.14. The fourth-order valence-corrected chi connectivity index (χ4v) is 2.60. The van der Waals surface area contributed by atoms with Gasteiger partial charge >= 0.3 is 0 Å². The normalized spacial score (nSPS) is 12.6. The van der Waals surface area contributed by atoms with E-state index in [0.717, 1.165) is 0 Å². The van der Waals surface area contributed by atoms with Crippen molar-refractivity contribution in [1.29, 1.82) is 0 Å². The van der Waals surface area contributed by atoms with Gasteiger partial charge in [0.1, 0.15) is 0 Å². The van der Waals surface area contributed by atoms with Gasteiger partial charge in [0.15, 0.2) is 11.6 Å². The Hall–Kier alpha value is -0.420. The molecule has 1 aromatic carbocycles. The van der Waals surface area contributed by atoms with Gasteiger partial charge in [-0.25, -0.2) is 4.39 Å². The van der Waals surface area contributed by atoms with Crippen molar-refractivity contribution in [3.8, 4) is 5.75 Å². The second-order valence-corrected chi connectivity index (χ2v) is 5.18. The number of halogens is 2. The Labute approximate surface area is 93.0 Å². The second-order valence-electron chi connectivity index (χ2n) is 2.55. The summed E-state index contributed by atoms with van der Waals surface area (Å²) in [5.74, 6) is -0.00115. The van der Waals surface area contributed by atoms with E-state index in [0.29, 0.717) is 15.1 Å². The standard InChI is InChI=1S/C9H10BrFO2S/c1-3-14(12)8-5-6(10)4-7(11)9(8)13-2/h4-5H,3H2,1-2H3. The molecule has 0 aromatic heterocycles. The first-order valence-electron chi connectivity index (χ1n) is 4.01. The lowest BCUT2D eigenvalue weighted by Crippen LogP contribution is -2.00. The average Bonchev–Trinajstić information content (AvgIpc) is 2.15. The van der Waals surface area contributed by atoms with Gasteiger partial charge in [-0.2, -0.15) is 0 Å². The van der Waals surface area contributed by atoms with Crippen molar-refractivity contribution >= 4 is 26.7 Å². The zero-order chi connectivity index (χ0) is 10.7. The third kappa shape index (κ3) is 2.33. The van der Waals surface area contributed by atoms with E-state index in [-0.39, 0.29) is 5.75 Å². The zero-order valence-corrected chi connectivity index (χ0v) is 10.2. The Balaban J connectivity index is 3.32. The molecule has 0 aliphatic heterocycles. The molecule has 1 atom stereocenters. The van der Waals surface area contributed by atoms with Crippen LogP contribution in [0.4, 0.5) is 4.39 Å². The summed E-state index contributed by atoms with van der Waals surface area (Å²) in [5.41, 5.74) is 0. The summed E-state index contributed by atoms with van der Waals surface area (Å²) in [6.07, 6.45) is 0. The fraction of sp³-hybridized carbons (Fsp3) is 0.333. The Bertz CT molecular complexity index is 368. The van der Waals surface area contributed by atoms with E-state index < -0.39 is 16.6 Å². The van der Waals surface area contributed by atoms with Gasteiger partial charge in [0, 0.05) is 10.2 Å².